The lowest BCUT2D eigenvalue weighted by atomic mass is 9.53. The number of phenolic OH excluding ortho intramolecular Hbond substituents is 1. The number of nitrogens with one attached hydrogen (secondary N) is 1. The van der Waals surface area contributed by atoms with Crippen molar-refractivity contribution in [1.29, 1.82) is 0 Å². The van der Waals surface area contributed by atoms with E-state index in [9.17, 15) is 14.7 Å². The summed E-state index contributed by atoms with van der Waals surface area (Å²) < 4.78 is 6.11. The number of aromatic hydroxyl groups is 1. The SMILES string of the molecule is CCCCCC(=O)Nc1cc(O)c2c3c1C[C@@H]1[C@@H]4C=CC(=O)[C@H](O2)[C@]34CCN1C. The first kappa shape index (κ1) is 18.7. The van der Waals surface area contributed by atoms with E-state index in [2.05, 4.69) is 24.2 Å². The highest BCUT2D eigenvalue weighted by atomic mass is 16.5. The van der Waals surface area contributed by atoms with Gasteiger partial charge in [0.25, 0.3) is 0 Å². The first-order valence-electron chi connectivity index (χ1n) is 10.8. The Morgan fingerprint density at radius 3 is 3.03 bits per heavy atom. The molecule has 2 N–H and O–H groups in total. The van der Waals surface area contributed by atoms with E-state index >= 15 is 0 Å². The second-order valence-corrected chi connectivity index (χ2v) is 8.96. The number of benzene rings is 1. The summed E-state index contributed by atoms with van der Waals surface area (Å²) in [5.41, 5.74) is 2.22. The standard InChI is InChI=1S/C23H28N2O4/c1-3-4-5-6-19(28)24-15-12-18(27)21-20-13(15)11-16-14-7-8-17(26)22(29-21)23(14,20)9-10-25(16)2/h7-8,12,14,16,22,27H,3-6,9-11H2,1-2H3,(H,24,28)/t14-,16+,22-,23-/m0/s1. The lowest BCUT2D eigenvalue weighted by molar-refractivity contribution is -0.127. The summed E-state index contributed by atoms with van der Waals surface area (Å²) in [6, 6.07) is 1.85. The molecule has 5 rings (SSSR count). The van der Waals surface area contributed by atoms with Crippen molar-refractivity contribution in [2.45, 2.75) is 63.0 Å². The molecule has 2 aliphatic carbocycles. The Morgan fingerprint density at radius 1 is 1.41 bits per heavy atom. The first-order valence-corrected chi connectivity index (χ1v) is 10.8. The Bertz CT molecular complexity index is 924. The van der Waals surface area contributed by atoms with E-state index in [4.69, 9.17) is 4.74 Å². The second kappa shape index (κ2) is 6.59. The van der Waals surface area contributed by atoms with Gasteiger partial charge in [0.05, 0.1) is 5.41 Å². The molecule has 6 nitrogen and oxygen atoms in total. The van der Waals surface area contributed by atoms with E-state index in [1.54, 1.807) is 12.1 Å². The number of unbranched alkanes of at least 4 members (excludes halogenated alkanes) is 2. The zero-order valence-electron chi connectivity index (χ0n) is 17.0. The maximum atomic E-state index is 12.7. The fourth-order valence-electron chi connectivity index (χ4n) is 6.03. The fraction of sp³-hybridized carbons (Fsp3) is 0.565. The van der Waals surface area contributed by atoms with Crippen molar-refractivity contribution in [3.63, 3.8) is 0 Å². The molecule has 0 aromatic heterocycles. The highest BCUT2D eigenvalue weighted by Crippen LogP contribution is 2.63. The van der Waals surface area contributed by atoms with Crippen molar-refractivity contribution < 1.29 is 19.4 Å². The summed E-state index contributed by atoms with van der Waals surface area (Å²) in [6.07, 6.45) is 8.12. The average molecular weight is 396 g/mol. The zero-order chi connectivity index (χ0) is 20.3. The number of hydrogen-bond acceptors (Lipinski definition) is 5. The summed E-state index contributed by atoms with van der Waals surface area (Å²) in [5.74, 6) is 0.576. The van der Waals surface area contributed by atoms with Crippen molar-refractivity contribution in [2.24, 2.45) is 5.92 Å². The highest BCUT2D eigenvalue weighted by Gasteiger charge is 2.64. The van der Waals surface area contributed by atoms with E-state index in [0.717, 1.165) is 49.8 Å². The third-order valence-corrected chi connectivity index (χ3v) is 7.41. The third-order valence-electron chi connectivity index (χ3n) is 7.41. The van der Waals surface area contributed by atoms with Gasteiger partial charge in [0.15, 0.2) is 23.4 Å². The summed E-state index contributed by atoms with van der Waals surface area (Å²) >= 11 is 0. The number of likely N-dealkylation sites (N-methyl/N-ethyl adjacent to an activating group) is 1. The molecule has 0 unspecified atom stereocenters. The van der Waals surface area contributed by atoms with Crippen LogP contribution in [0.4, 0.5) is 5.69 Å². The Balaban J connectivity index is 1.61. The molecule has 1 amide bonds. The van der Waals surface area contributed by atoms with E-state index in [-0.39, 0.29) is 29.4 Å². The molecule has 4 atom stereocenters. The summed E-state index contributed by atoms with van der Waals surface area (Å²) in [7, 11) is 2.13. The molecule has 0 radical (unpaired) electrons. The van der Waals surface area contributed by atoms with Crippen LogP contribution in [0.5, 0.6) is 11.5 Å². The number of carbonyl (C=O) groups excluding carboxylic acids is 2. The number of rotatable bonds is 5. The Hall–Kier alpha value is -2.34. The molecule has 2 bridgehead atoms. The zero-order valence-corrected chi connectivity index (χ0v) is 17.0. The highest BCUT2D eigenvalue weighted by molar-refractivity contribution is 5.99. The smallest absolute Gasteiger partial charge is 0.224 e. The van der Waals surface area contributed by atoms with Gasteiger partial charge in [-0.2, -0.15) is 0 Å². The molecule has 0 saturated carbocycles. The van der Waals surface area contributed by atoms with Crippen LogP contribution in [-0.2, 0) is 21.4 Å². The van der Waals surface area contributed by atoms with Crippen LogP contribution in [-0.4, -0.2) is 47.4 Å². The molecule has 1 fully saturated rings. The number of anilines is 1. The molecule has 2 heterocycles. The normalized spacial score (nSPS) is 31.4. The number of piperidine rings is 1. The molecule has 1 aromatic carbocycles. The first-order chi connectivity index (χ1) is 14.0. The number of ether oxygens (including phenoxy) is 1. The average Bonchev–Trinajstić information content (AvgIpc) is 3.04. The van der Waals surface area contributed by atoms with Crippen molar-refractivity contribution in [2.75, 3.05) is 18.9 Å². The van der Waals surface area contributed by atoms with Crippen LogP contribution in [0, 0.1) is 5.92 Å². The van der Waals surface area contributed by atoms with Gasteiger partial charge in [-0.3, -0.25) is 9.59 Å². The van der Waals surface area contributed by atoms with Crippen LogP contribution in [0.25, 0.3) is 0 Å². The van der Waals surface area contributed by atoms with Gasteiger partial charge in [-0.1, -0.05) is 25.8 Å². The monoisotopic (exact) mass is 396 g/mol. The molecule has 29 heavy (non-hydrogen) atoms. The predicted molar refractivity (Wildman–Crippen MR) is 109 cm³/mol. The van der Waals surface area contributed by atoms with Gasteiger partial charge in [-0.05, 0) is 44.5 Å². The van der Waals surface area contributed by atoms with Gasteiger partial charge < -0.3 is 20.1 Å². The van der Waals surface area contributed by atoms with Crippen LogP contribution in [0.3, 0.4) is 0 Å². The quantitative estimate of drug-likeness (QED) is 0.748. The number of hydrogen-bond donors (Lipinski definition) is 2. The third kappa shape index (κ3) is 2.51. The molecule has 1 saturated heterocycles. The van der Waals surface area contributed by atoms with Crippen molar-refractivity contribution in [1.82, 2.24) is 4.90 Å². The number of nitrogens with zero attached hydrogens (tertiary/aromatic N) is 1. The minimum Gasteiger partial charge on any atom is -0.504 e. The van der Waals surface area contributed by atoms with Gasteiger partial charge in [0.2, 0.25) is 5.91 Å². The topological polar surface area (TPSA) is 78.9 Å². The van der Waals surface area contributed by atoms with E-state index in [1.807, 2.05) is 6.08 Å². The summed E-state index contributed by atoms with van der Waals surface area (Å²) in [6.45, 7) is 3.00. The number of carbonyl (C=O) groups is 2. The number of amides is 1. The minimum absolute atomic E-state index is 0.0142. The molecule has 1 aromatic rings. The summed E-state index contributed by atoms with van der Waals surface area (Å²) in [5, 5.41) is 13.8. The van der Waals surface area contributed by atoms with Gasteiger partial charge in [0, 0.05) is 35.7 Å². The van der Waals surface area contributed by atoms with Gasteiger partial charge >= 0.3 is 0 Å². The van der Waals surface area contributed by atoms with Crippen molar-refractivity contribution in [3.05, 3.63) is 29.3 Å². The molecule has 2 aliphatic heterocycles. The van der Waals surface area contributed by atoms with E-state index in [1.165, 1.54) is 0 Å². The minimum atomic E-state index is -0.579. The number of likely N-dealkylation sites (tertiary alicyclic amines) is 1. The fourth-order valence-corrected chi connectivity index (χ4v) is 6.03. The lowest BCUT2D eigenvalue weighted by Gasteiger charge is -2.55. The van der Waals surface area contributed by atoms with Crippen LogP contribution < -0.4 is 10.1 Å². The van der Waals surface area contributed by atoms with E-state index in [0.29, 0.717) is 17.9 Å². The van der Waals surface area contributed by atoms with Crippen molar-refractivity contribution in [3.8, 4) is 11.5 Å². The number of phenols is 1. The van der Waals surface area contributed by atoms with Crippen LogP contribution in [0.1, 0.15) is 50.2 Å². The number of ketones is 1. The Kier molecular flexibility index (Phi) is 4.24. The summed E-state index contributed by atoms with van der Waals surface area (Å²) in [4.78, 5) is 27.6. The molecule has 1 spiro atoms. The van der Waals surface area contributed by atoms with Gasteiger partial charge in [-0.25, -0.2) is 0 Å². The van der Waals surface area contributed by atoms with Crippen molar-refractivity contribution >= 4 is 17.4 Å². The van der Waals surface area contributed by atoms with Crippen LogP contribution >= 0.6 is 0 Å². The van der Waals surface area contributed by atoms with Gasteiger partial charge in [0.1, 0.15) is 0 Å². The van der Waals surface area contributed by atoms with E-state index < -0.39 is 11.5 Å². The molecular formula is C23H28N2O4. The maximum absolute atomic E-state index is 12.7. The molecule has 4 aliphatic rings. The molecular weight excluding hydrogens is 368 g/mol. The predicted octanol–water partition coefficient (Wildman–Crippen LogP) is 2.93. The van der Waals surface area contributed by atoms with Gasteiger partial charge in [-0.15, -0.1) is 0 Å². The van der Waals surface area contributed by atoms with Crippen LogP contribution in [0.2, 0.25) is 0 Å². The van der Waals surface area contributed by atoms with Crippen LogP contribution in [0.15, 0.2) is 18.2 Å². The largest absolute Gasteiger partial charge is 0.504 e. The molecule has 6 heteroatoms. The Morgan fingerprint density at radius 2 is 2.24 bits per heavy atom. The maximum Gasteiger partial charge on any atom is 0.224 e. The Labute approximate surface area is 170 Å². The molecule has 154 valence electrons. The lowest BCUT2D eigenvalue weighted by Crippen LogP contribution is -2.64. The second-order valence-electron chi connectivity index (χ2n) is 8.96.